The summed E-state index contributed by atoms with van der Waals surface area (Å²) in [6.45, 7) is 2.26. The molecule has 0 unspecified atom stereocenters. The molecule has 0 aliphatic rings. The van der Waals surface area contributed by atoms with Crippen LogP contribution in [-0.4, -0.2) is 8.42 Å². The fourth-order valence-electron chi connectivity index (χ4n) is 2.93. The standard InChI is InChI=1S/C21H35O2S/c1-2-3-4-5-6-7-8-9-10-11-12-13-17-20-24(22,23)21-18-15-14-16-19-21/h14-16,18-20H,2-13,17H2,1H3. The van der Waals surface area contributed by atoms with Crippen molar-refractivity contribution in [3.05, 3.63) is 36.1 Å². The first-order chi connectivity index (χ1) is 11.7. The summed E-state index contributed by atoms with van der Waals surface area (Å²) < 4.78 is 24.2. The van der Waals surface area contributed by atoms with E-state index in [1.54, 1.807) is 24.3 Å². The molecule has 0 atom stereocenters. The third-order valence-electron chi connectivity index (χ3n) is 4.47. The molecule has 137 valence electrons. The third kappa shape index (κ3) is 10.1. The highest BCUT2D eigenvalue weighted by molar-refractivity contribution is 7.93. The number of hydrogen-bond donors (Lipinski definition) is 0. The molecule has 0 saturated heterocycles. The van der Waals surface area contributed by atoms with Crippen LogP contribution in [0.1, 0.15) is 90.4 Å². The highest BCUT2D eigenvalue weighted by atomic mass is 32.2. The van der Waals surface area contributed by atoms with Crippen LogP contribution in [0.2, 0.25) is 0 Å². The van der Waals surface area contributed by atoms with Crippen LogP contribution >= 0.6 is 0 Å². The van der Waals surface area contributed by atoms with E-state index in [-0.39, 0.29) is 0 Å². The highest BCUT2D eigenvalue weighted by Crippen LogP contribution is 2.17. The highest BCUT2D eigenvalue weighted by Gasteiger charge is 2.13. The summed E-state index contributed by atoms with van der Waals surface area (Å²) in [5, 5.41) is 0. The van der Waals surface area contributed by atoms with Crippen molar-refractivity contribution in [2.75, 3.05) is 0 Å². The van der Waals surface area contributed by atoms with Gasteiger partial charge in [0.05, 0.1) is 10.6 Å². The van der Waals surface area contributed by atoms with Gasteiger partial charge in [0.15, 0.2) is 9.84 Å². The minimum absolute atomic E-state index is 0.406. The van der Waals surface area contributed by atoms with Crippen molar-refractivity contribution in [3.8, 4) is 0 Å². The Morgan fingerprint density at radius 3 is 1.67 bits per heavy atom. The van der Waals surface area contributed by atoms with E-state index in [0.717, 1.165) is 12.8 Å². The van der Waals surface area contributed by atoms with Crippen molar-refractivity contribution in [2.24, 2.45) is 0 Å². The minimum atomic E-state index is -3.20. The summed E-state index contributed by atoms with van der Waals surface area (Å²) in [4.78, 5) is 0.406. The van der Waals surface area contributed by atoms with Gasteiger partial charge in [0.2, 0.25) is 0 Å². The van der Waals surface area contributed by atoms with Gasteiger partial charge in [0, 0.05) is 0 Å². The molecular weight excluding hydrogens is 316 g/mol. The van der Waals surface area contributed by atoms with E-state index in [2.05, 4.69) is 6.92 Å². The fourth-order valence-corrected chi connectivity index (χ4v) is 4.14. The van der Waals surface area contributed by atoms with Gasteiger partial charge in [-0.3, -0.25) is 0 Å². The van der Waals surface area contributed by atoms with Crippen LogP contribution in [0.15, 0.2) is 35.2 Å². The average Bonchev–Trinajstić information content (AvgIpc) is 2.60. The number of benzene rings is 1. The molecule has 1 rings (SSSR count). The van der Waals surface area contributed by atoms with E-state index in [4.69, 9.17) is 0 Å². The monoisotopic (exact) mass is 351 g/mol. The largest absolute Gasteiger partial charge is 0.223 e. The van der Waals surface area contributed by atoms with Crippen LogP contribution in [0.3, 0.4) is 0 Å². The van der Waals surface area contributed by atoms with E-state index in [1.807, 2.05) is 6.07 Å². The molecule has 0 aliphatic heterocycles. The van der Waals surface area contributed by atoms with Gasteiger partial charge >= 0.3 is 0 Å². The summed E-state index contributed by atoms with van der Waals surface area (Å²) in [6.07, 6.45) is 16.3. The molecule has 0 saturated carbocycles. The smallest absolute Gasteiger partial charge is 0.182 e. The second-order valence-corrected chi connectivity index (χ2v) is 8.60. The van der Waals surface area contributed by atoms with Crippen molar-refractivity contribution in [1.29, 1.82) is 0 Å². The lowest BCUT2D eigenvalue weighted by Gasteiger charge is -2.04. The van der Waals surface area contributed by atoms with Crippen molar-refractivity contribution in [3.63, 3.8) is 0 Å². The van der Waals surface area contributed by atoms with E-state index >= 15 is 0 Å². The quantitative estimate of drug-likeness (QED) is 0.329. The first-order valence-corrected chi connectivity index (χ1v) is 11.3. The second-order valence-electron chi connectivity index (χ2n) is 6.70. The number of unbranched alkanes of at least 4 members (excludes halogenated alkanes) is 12. The Kier molecular flexibility index (Phi) is 11.9. The number of sulfone groups is 1. The number of hydrogen-bond acceptors (Lipinski definition) is 2. The lowest BCUT2D eigenvalue weighted by Crippen LogP contribution is -2.01. The summed E-state index contributed by atoms with van der Waals surface area (Å²) in [5.41, 5.74) is 0. The normalized spacial score (nSPS) is 11.7. The van der Waals surface area contributed by atoms with Gasteiger partial charge in [-0.15, -0.1) is 0 Å². The van der Waals surface area contributed by atoms with Crippen LogP contribution in [-0.2, 0) is 9.84 Å². The molecule has 0 aromatic heterocycles. The van der Waals surface area contributed by atoms with Gasteiger partial charge in [0.1, 0.15) is 0 Å². The van der Waals surface area contributed by atoms with Gasteiger partial charge in [-0.05, 0) is 18.6 Å². The van der Waals surface area contributed by atoms with E-state index in [0.29, 0.717) is 11.3 Å². The lowest BCUT2D eigenvalue weighted by atomic mass is 10.1. The lowest BCUT2D eigenvalue weighted by molar-refractivity contribution is 0.543. The molecule has 0 N–H and O–H groups in total. The summed E-state index contributed by atoms with van der Waals surface area (Å²) in [7, 11) is -3.20. The van der Waals surface area contributed by atoms with Gasteiger partial charge in [0.25, 0.3) is 0 Å². The third-order valence-corrected chi connectivity index (χ3v) is 6.07. The first kappa shape index (κ1) is 21.2. The van der Waals surface area contributed by atoms with Gasteiger partial charge < -0.3 is 0 Å². The molecule has 24 heavy (non-hydrogen) atoms. The van der Waals surface area contributed by atoms with Gasteiger partial charge in [-0.2, -0.15) is 0 Å². The molecule has 0 amide bonds. The zero-order chi connectivity index (χ0) is 17.5. The molecule has 1 radical (unpaired) electrons. The molecule has 3 heteroatoms. The maximum absolute atomic E-state index is 12.1. The fraction of sp³-hybridized carbons (Fsp3) is 0.667. The predicted octanol–water partition coefficient (Wildman–Crippen LogP) is 6.71. The molecular formula is C21H35O2S. The average molecular weight is 352 g/mol. The van der Waals surface area contributed by atoms with Crippen LogP contribution in [0.5, 0.6) is 0 Å². The molecule has 2 nitrogen and oxygen atoms in total. The predicted molar refractivity (Wildman–Crippen MR) is 104 cm³/mol. The van der Waals surface area contributed by atoms with Crippen molar-refractivity contribution in [1.82, 2.24) is 0 Å². The zero-order valence-corrected chi connectivity index (χ0v) is 16.2. The number of rotatable bonds is 15. The molecule has 0 bridgehead atoms. The van der Waals surface area contributed by atoms with Gasteiger partial charge in [-0.1, -0.05) is 102 Å². The Hall–Kier alpha value is -0.830. The summed E-state index contributed by atoms with van der Waals surface area (Å²) >= 11 is 0. The Morgan fingerprint density at radius 2 is 1.17 bits per heavy atom. The molecule has 1 aromatic rings. The van der Waals surface area contributed by atoms with E-state index in [9.17, 15) is 8.42 Å². The van der Waals surface area contributed by atoms with E-state index in [1.165, 1.54) is 70.0 Å². The summed E-state index contributed by atoms with van der Waals surface area (Å²) in [5.74, 6) is 1.48. The SMILES string of the molecule is CCCCCCCCCCCCCC[CH]S(=O)(=O)c1ccccc1. The van der Waals surface area contributed by atoms with E-state index < -0.39 is 9.84 Å². The molecule has 1 aromatic carbocycles. The summed E-state index contributed by atoms with van der Waals surface area (Å²) in [6, 6.07) is 8.70. The van der Waals surface area contributed by atoms with Crippen LogP contribution in [0.4, 0.5) is 0 Å². The Balaban J connectivity index is 1.92. The Bertz CT molecular complexity index is 494. The van der Waals surface area contributed by atoms with Crippen LogP contribution < -0.4 is 0 Å². The van der Waals surface area contributed by atoms with Crippen molar-refractivity contribution < 1.29 is 8.42 Å². The molecule has 0 spiro atoms. The maximum atomic E-state index is 12.1. The van der Waals surface area contributed by atoms with Crippen molar-refractivity contribution in [2.45, 2.75) is 95.3 Å². The van der Waals surface area contributed by atoms with Crippen molar-refractivity contribution >= 4 is 9.84 Å². The van der Waals surface area contributed by atoms with Crippen LogP contribution in [0.25, 0.3) is 0 Å². The maximum Gasteiger partial charge on any atom is 0.182 e. The molecule has 0 aliphatic carbocycles. The molecule has 0 heterocycles. The first-order valence-electron chi connectivity index (χ1n) is 9.80. The zero-order valence-electron chi connectivity index (χ0n) is 15.4. The Labute approximate surface area is 150 Å². The topological polar surface area (TPSA) is 34.1 Å². The van der Waals surface area contributed by atoms with Crippen LogP contribution in [0, 0.1) is 5.75 Å². The Morgan fingerprint density at radius 1 is 0.708 bits per heavy atom. The second kappa shape index (κ2) is 13.5. The minimum Gasteiger partial charge on any atom is -0.223 e. The van der Waals surface area contributed by atoms with Gasteiger partial charge in [-0.25, -0.2) is 8.42 Å². The molecule has 0 fully saturated rings.